The molecule has 1 heterocycles. The predicted molar refractivity (Wildman–Crippen MR) is 61.2 cm³/mol. The number of benzene rings is 1. The molecule has 2 aromatic rings. The number of ether oxygens (including phenoxy) is 1. The molecule has 1 aromatic heterocycles. The van der Waals surface area contributed by atoms with E-state index in [4.69, 9.17) is 4.74 Å². The number of fused-ring (bicyclic) bond motifs is 1. The van der Waals surface area contributed by atoms with Gasteiger partial charge in [0, 0.05) is 13.1 Å². The summed E-state index contributed by atoms with van der Waals surface area (Å²) in [6.07, 6.45) is 0. The minimum absolute atomic E-state index is 0.0745. The summed E-state index contributed by atoms with van der Waals surface area (Å²) in [5.41, 5.74) is 0.554. The third kappa shape index (κ3) is 1.63. The van der Waals surface area contributed by atoms with E-state index in [1.54, 1.807) is 32.4 Å². The summed E-state index contributed by atoms with van der Waals surface area (Å²) >= 11 is 3.22. The van der Waals surface area contributed by atoms with E-state index in [1.165, 1.54) is 4.57 Å². The molecule has 0 aliphatic carbocycles. The molecule has 4 nitrogen and oxygen atoms in total. The number of halogens is 1. The van der Waals surface area contributed by atoms with Gasteiger partial charge in [-0.3, -0.25) is 9.36 Å². The van der Waals surface area contributed by atoms with Gasteiger partial charge in [0.2, 0.25) is 0 Å². The molecule has 0 amide bonds. The van der Waals surface area contributed by atoms with Crippen LogP contribution in [0.1, 0.15) is 0 Å². The number of aromatic nitrogens is 2. The molecule has 0 N–H and O–H groups in total. The average Bonchev–Trinajstić information content (AvgIpc) is 2.25. The molecule has 0 atom stereocenters. The van der Waals surface area contributed by atoms with E-state index in [0.717, 1.165) is 0 Å². The summed E-state index contributed by atoms with van der Waals surface area (Å²) < 4.78 is 7.03. The fourth-order valence-electron chi connectivity index (χ4n) is 1.35. The molecule has 1 aromatic carbocycles. The molecule has 0 bridgehead atoms. The van der Waals surface area contributed by atoms with Crippen LogP contribution in [0.25, 0.3) is 10.9 Å². The molecule has 0 saturated heterocycles. The van der Waals surface area contributed by atoms with Crippen LogP contribution in [-0.2, 0) is 7.05 Å². The number of nitrogens with zero attached hydrogens (tertiary/aromatic N) is 2. The molecule has 15 heavy (non-hydrogen) atoms. The van der Waals surface area contributed by atoms with Crippen LogP contribution < -0.4 is 10.3 Å². The highest BCUT2D eigenvalue weighted by molar-refractivity contribution is 9.10. The zero-order valence-electron chi connectivity index (χ0n) is 8.32. The van der Waals surface area contributed by atoms with Gasteiger partial charge < -0.3 is 4.74 Å². The van der Waals surface area contributed by atoms with Crippen LogP contribution in [0.3, 0.4) is 0 Å². The maximum absolute atomic E-state index is 11.8. The first-order chi connectivity index (χ1) is 7.13. The Morgan fingerprint density at radius 3 is 2.87 bits per heavy atom. The van der Waals surface area contributed by atoms with Gasteiger partial charge in [-0.05, 0) is 28.1 Å². The summed E-state index contributed by atoms with van der Waals surface area (Å²) in [5.74, 6) is 0.690. The first-order valence-electron chi connectivity index (χ1n) is 4.34. The maximum Gasteiger partial charge on any atom is 0.261 e. The van der Waals surface area contributed by atoms with E-state index in [1.807, 2.05) is 0 Å². The van der Waals surface area contributed by atoms with E-state index in [2.05, 4.69) is 20.9 Å². The third-order valence-corrected chi connectivity index (χ3v) is 2.94. The molecule has 0 radical (unpaired) electrons. The van der Waals surface area contributed by atoms with Crippen LogP contribution in [0, 0.1) is 0 Å². The highest BCUT2D eigenvalue weighted by Crippen LogP contribution is 2.17. The van der Waals surface area contributed by atoms with Gasteiger partial charge in [-0.2, -0.15) is 0 Å². The predicted octanol–water partition coefficient (Wildman–Crippen LogP) is 1.70. The van der Waals surface area contributed by atoms with Crippen LogP contribution >= 0.6 is 15.9 Å². The van der Waals surface area contributed by atoms with Gasteiger partial charge in [-0.15, -0.1) is 0 Å². The number of methoxy groups -OCH3 is 1. The second-order valence-electron chi connectivity index (χ2n) is 3.13. The van der Waals surface area contributed by atoms with Crippen LogP contribution in [-0.4, -0.2) is 16.7 Å². The Kier molecular flexibility index (Phi) is 2.48. The lowest BCUT2D eigenvalue weighted by molar-refractivity contribution is 0.415. The fourth-order valence-corrected chi connectivity index (χ4v) is 1.70. The molecule has 0 unspecified atom stereocenters. The average molecular weight is 269 g/mol. The smallest absolute Gasteiger partial charge is 0.261 e. The van der Waals surface area contributed by atoms with Gasteiger partial charge in [0.25, 0.3) is 5.56 Å². The van der Waals surface area contributed by atoms with Crippen molar-refractivity contribution in [2.24, 2.45) is 7.05 Å². The van der Waals surface area contributed by atoms with E-state index in [-0.39, 0.29) is 5.56 Å². The topological polar surface area (TPSA) is 44.1 Å². The van der Waals surface area contributed by atoms with E-state index >= 15 is 0 Å². The molecule has 0 fully saturated rings. The second-order valence-corrected chi connectivity index (χ2v) is 3.84. The zero-order chi connectivity index (χ0) is 11.0. The fraction of sp³-hybridized carbons (Fsp3) is 0.200. The van der Waals surface area contributed by atoms with Crippen molar-refractivity contribution in [1.29, 1.82) is 0 Å². The van der Waals surface area contributed by atoms with Crippen LogP contribution in [0.4, 0.5) is 0 Å². The van der Waals surface area contributed by atoms with Crippen LogP contribution in [0.15, 0.2) is 27.7 Å². The zero-order valence-corrected chi connectivity index (χ0v) is 9.91. The summed E-state index contributed by atoms with van der Waals surface area (Å²) in [6.45, 7) is 0. The Labute approximate surface area is 94.6 Å². The lowest BCUT2D eigenvalue weighted by atomic mass is 10.2. The minimum atomic E-state index is -0.0745. The van der Waals surface area contributed by atoms with Crippen LogP contribution in [0.5, 0.6) is 5.75 Å². The highest BCUT2D eigenvalue weighted by atomic mass is 79.9. The van der Waals surface area contributed by atoms with Gasteiger partial charge in [0.15, 0.2) is 4.73 Å². The van der Waals surface area contributed by atoms with E-state index in [0.29, 0.717) is 21.4 Å². The minimum Gasteiger partial charge on any atom is -0.497 e. The Hall–Kier alpha value is -1.36. The first kappa shape index (κ1) is 10.2. The summed E-state index contributed by atoms with van der Waals surface area (Å²) in [4.78, 5) is 16.0. The summed E-state index contributed by atoms with van der Waals surface area (Å²) in [7, 11) is 3.25. The van der Waals surface area contributed by atoms with Gasteiger partial charge in [-0.1, -0.05) is 0 Å². The lowest BCUT2D eigenvalue weighted by Crippen LogP contribution is -2.18. The van der Waals surface area contributed by atoms with Crippen LogP contribution in [0.2, 0.25) is 0 Å². The maximum atomic E-state index is 11.8. The van der Waals surface area contributed by atoms with Crippen molar-refractivity contribution in [1.82, 2.24) is 9.55 Å². The molecule has 0 spiro atoms. The number of hydrogen-bond acceptors (Lipinski definition) is 3. The molecule has 0 saturated carbocycles. The van der Waals surface area contributed by atoms with Crippen molar-refractivity contribution >= 4 is 26.8 Å². The Balaban J connectivity index is 2.86. The summed E-state index contributed by atoms with van der Waals surface area (Å²) in [6, 6.07) is 5.21. The van der Waals surface area contributed by atoms with E-state index < -0.39 is 0 Å². The van der Waals surface area contributed by atoms with Crippen molar-refractivity contribution in [3.05, 3.63) is 33.3 Å². The Morgan fingerprint density at radius 1 is 1.47 bits per heavy atom. The molecular weight excluding hydrogens is 260 g/mol. The molecular formula is C10H9BrN2O2. The van der Waals surface area contributed by atoms with Crippen molar-refractivity contribution in [2.75, 3.05) is 7.11 Å². The van der Waals surface area contributed by atoms with Gasteiger partial charge in [0.1, 0.15) is 5.75 Å². The summed E-state index contributed by atoms with van der Waals surface area (Å²) in [5, 5.41) is 0.585. The number of hydrogen-bond donors (Lipinski definition) is 0. The molecule has 0 aliphatic heterocycles. The second kappa shape index (κ2) is 3.66. The Bertz CT molecular complexity index is 577. The molecule has 2 rings (SSSR count). The van der Waals surface area contributed by atoms with E-state index in [9.17, 15) is 4.79 Å². The van der Waals surface area contributed by atoms with Crippen molar-refractivity contribution in [3.63, 3.8) is 0 Å². The first-order valence-corrected chi connectivity index (χ1v) is 5.13. The highest BCUT2D eigenvalue weighted by Gasteiger charge is 2.06. The van der Waals surface area contributed by atoms with Gasteiger partial charge >= 0.3 is 0 Å². The molecule has 5 heteroatoms. The van der Waals surface area contributed by atoms with Gasteiger partial charge in [0.05, 0.1) is 18.0 Å². The van der Waals surface area contributed by atoms with Crippen molar-refractivity contribution in [3.8, 4) is 5.75 Å². The van der Waals surface area contributed by atoms with Gasteiger partial charge in [-0.25, -0.2) is 4.98 Å². The standard InChI is InChI=1S/C10H9BrN2O2/c1-13-9(14)7-4-3-6(15-2)5-8(7)12-10(13)11/h3-5H,1-2H3. The number of rotatable bonds is 1. The largest absolute Gasteiger partial charge is 0.497 e. The normalized spacial score (nSPS) is 10.6. The quantitative estimate of drug-likeness (QED) is 0.740. The SMILES string of the molecule is COc1ccc2c(=O)n(C)c(Br)nc2c1. The molecule has 0 aliphatic rings. The lowest BCUT2D eigenvalue weighted by Gasteiger charge is -2.05. The molecule has 78 valence electrons. The third-order valence-electron chi connectivity index (χ3n) is 2.23. The Morgan fingerprint density at radius 2 is 2.20 bits per heavy atom. The monoisotopic (exact) mass is 268 g/mol. The van der Waals surface area contributed by atoms with Crippen molar-refractivity contribution in [2.45, 2.75) is 0 Å². The van der Waals surface area contributed by atoms with Crippen molar-refractivity contribution < 1.29 is 4.74 Å².